The molecule has 4 heteroatoms. The van der Waals surface area contributed by atoms with Crippen molar-refractivity contribution in [1.29, 1.82) is 0 Å². The Morgan fingerprint density at radius 3 is 2.80 bits per heavy atom. The molecule has 20 heavy (non-hydrogen) atoms. The number of benzene rings is 2. The molecule has 1 aliphatic rings. The van der Waals surface area contributed by atoms with E-state index in [1.807, 2.05) is 0 Å². The van der Waals surface area contributed by atoms with E-state index in [1.54, 1.807) is 37.3 Å². The van der Waals surface area contributed by atoms with Gasteiger partial charge >= 0.3 is 0 Å². The molecule has 3 rings (SSSR count). The van der Waals surface area contributed by atoms with E-state index in [0.717, 1.165) is 5.56 Å². The van der Waals surface area contributed by atoms with Crippen LogP contribution in [0.25, 0.3) is 0 Å². The molecule has 2 nitrogen and oxygen atoms in total. The summed E-state index contributed by atoms with van der Waals surface area (Å²) in [5.41, 5.74) is 2.14. The average Bonchev–Trinajstić information content (AvgIpc) is 2.42. The van der Waals surface area contributed by atoms with E-state index in [0.29, 0.717) is 28.3 Å². The summed E-state index contributed by atoms with van der Waals surface area (Å²) in [4.78, 5) is 0. The van der Waals surface area contributed by atoms with Crippen LogP contribution in [-0.2, 0) is 0 Å². The van der Waals surface area contributed by atoms with Gasteiger partial charge in [0.15, 0.2) is 0 Å². The first-order valence-electron chi connectivity index (χ1n) is 6.45. The van der Waals surface area contributed by atoms with Gasteiger partial charge in [-0.15, -0.1) is 0 Å². The van der Waals surface area contributed by atoms with Gasteiger partial charge in [0.25, 0.3) is 0 Å². The fourth-order valence-electron chi connectivity index (χ4n) is 2.49. The maximum atomic E-state index is 13.3. The number of ether oxygens (including phenoxy) is 1. The molecule has 104 valence electrons. The number of aryl methyl sites for hydroxylation is 1. The monoisotopic (exact) mass is 292 g/mol. The third-order valence-corrected chi connectivity index (χ3v) is 3.83. The van der Waals surface area contributed by atoms with Crippen molar-refractivity contribution in [1.82, 2.24) is 0 Å². The maximum absolute atomic E-state index is 13.3. The Balaban J connectivity index is 1.94. The fourth-order valence-corrected chi connectivity index (χ4v) is 2.67. The van der Waals surface area contributed by atoms with Gasteiger partial charge in [0.2, 0.25) is 0 Å². The summed E-state index contributed by atoms with van der Waals surface area (Å²) in [6.45, 7) is 1.71. The van der Waals surface area contributed by atoms with E-state index in [4.69, 9.17) is 16.3 Å². The van der Waals surface area contributed by atoms with Crippen molar-refractivity contribution in [2.45, 2.75) is 25.6 Å². The molecule has 2 aromatic rings. The second-order valence-corrected chi connectivity index (χ2v) is 5.49. The largest absolute Gasteiger partial charge is 0.485 e. The van der Waals surface area contributed by atoms with E-state index in [2.05, 4.69) is 0 Å². The van der Waals surface area contributed by atoms with Crippen LogP contribution in [0.4, 0.5) is 4.39 Å². The van der Waals surface area contributed by atoms with Crippen LogP contribution in [0.5, 0.6) is 5.75 Å². The lowest BCUT2D eigenvalue weighted by atomic mass is 9.94. The fraction of sp³-hybridized carbons (Fsp3) is 0.250. The van der Waals surface area contributed by atoms with Crippen molar-refractivity contribution < 1.29 is 14.2 Å². The molecule has 0 radical (unpaired) electrons. The van der Waals surface area contributed by atoms with Gasteiger partial charge in [-0.05, 0) is 48.4 Å². The first-order chi connectivity index (χ1) is 9.54. The standard InChI is InChI=1S/C16H14ClFO2/c1-9-6-10(2-4-13(9)18)16-8-14(19)12-7-11(17)3-5-15(12)20-16/h2-7,14,16,19H,8H2,1H3/t14-,16?/m0/s1. The van der Waals surface area contributed by atoms with Crippen molar-refractivity contribution >= 4 is 11.6 Å². The normalized spacial score (nSPS) is 21.2. The molecule has 0 aromatic heterocycles. The third kappa shape index (κ3) is 2.39. The molecule has 1 unspecified atom stereocenters. The summed E-state index contributed by atoms with van der Waals surface area (Å²) in [6, 6.07) is 10.1. The molecule has 0 aliphatic carbocycles. The number of aliphatic hydroxyl groups is 1. The number of hydrogen-bond donors (Lipinski definition) is 1. The minimum Gasteiger partial charge on any atom is -0.485 e. The first-order valence-corrected chi connectivity index (χ1v) is 6.82. The van der Waals surface area contributed by atoms with Crippen LogP contribution >= 0.6 is 11.6 Å². The van der Waals surface area contributed by atoms with Crippen molar-refractivity contribution in [3.05, 3.63) is 63.9 Å². The smallest absolute Gasteiger partial charge is 0.127 e. The van der Waals surface area contributed by atoms with E-state index < -0.39 is 6.10 Å². The zero-order valence-electron chi connectivity index (χ0n) is 10.9. The molecule has 0 amide bonds. The Bertz CT molecular complexity index is 657. The molecule has 2 atom stereocenters. The van der Waals surface area contributed by atoms with Crippen LogP contribution in [0.3, 0.4) is 0 Å². The molecule has 2 aromatic carbocycles. The van der Waals surface area contributed by atoms with Crippen LogP contribution < -0.4 is 4.74 Å². The number of aliphatic hydroxyl groups excluding tert-OH is 1. The lowest BCUT2D eigenvalue weighted by Crippen LogP contribution is -2.19. The van der Waals surface area contributed by atoms with Crippen molar-refractivity contribution in [3.63, 3.8) is 0 Å². The number of rotatable bonds is 1. The van der Waals surface area contributed by atoms with E-state index in [9.17, 15) is 9.50 Å². The number of hydrogen-bond acceptors (Lipinski definition) is 2. The van der Waals surface area contributed by atoms with Gasteiger partial charge in [0.1, 0.15) is 17.7 Å². The highest BCUT2D eigenvalue weighted by Gasteiger charge is 2.28. The minimum atomic E-state index is -0.632. The lowest BCUT2D eigenvalue weighted by Gasteiger charge is -2.30. The molecule has 0 fully saturated rings. The molecule has 1 aliphatic heterocycles. The maximum Gasteiger partial charge on any atom is 0.127 e. The van der Waals surface area contributed by atoms with E-state index in [1.165, 1.54) is 6.07 Å². The molecule has 0 bridgehead atoms. The SMILES string of the molecule is Cc1cc(C2C[C@H](O)c3cc(Cl)ccc3O2)ccc1F. The summed E-state index contributed by atoms with van der Waals surface area (Å²) in [5.74, 6) is 0.386. The van der Waals surface area contributed by atoms with Crippen molar-refractivity contribution in [3.8, 4) is 5.75 Å². The Hall–Kier alpha value is -1.58. The Morgan fingerprint density at radius 1 is 1.25 bits per heavy atom. The van der Waals surface area contributed by atoms with Gasteiger partial charge < -0.3 is 9.84 Å². The van der Waals surface area contributed by atoms with E-state index >= 15 is 0 Å². The van der Waals surface area contributed by atoms with Gasteiger partial charge in [-0.1, -0.05) is 17.7 Å². The van der Waals surface area contributed by atoms with Crippen LogP contribution in [0.2, 0.25) is 5.02 Å². The Labute approximate surface area is 121 Å². The summed E-state index contributed by atoms with van der Waals surface area (Å²) in [7, 11) is 0. The summed E-state index contributed by atoms with van der Waals surface area (Å²) in [5, 5.41) is 10.8. The zero-order valence-corrected chi connectivity index (χ0v) is 11.7. The first kappa shape index (κ1) is 13.4. The molecule has 0 saturated heterocycles. The molecular formula is C16H14ClFO2. The summed E-state index contributed by atoms with van der Waals surface area (Å²) < 4.78 is 19.2. The zero-order chi connectivity index (χ0) is 14.3. The average molecular weight is 293 g/mol. The lowest BCUT2D eigenvalue weighted by molar-refractivity contribution is 0.0657. The minimum absolute atomic E-state index is 0.239. The number of fused-ring (bicyclic) bond motifs is 1. The summed E-state index contributed by atoms with van der Waals surface area (Å²) >= 11 is 5.93. The van der Waals surface area contributed by atoms with Gasteiger partial charge in [-0.25, -0.2) is 4.39 Å². The van der Waals surface area contributed by atoms with Crippen LogP contribution in [0.15, 0.2) is 36.4 Å². The predicted molar refractivity (Wildman–Crippen MR) is 75.5 cm³/mol. The molecule has 1 heterocycles. The molecule has 0 spiro atoms. The highest BCUT2D eigenvalue weighted by Crippen LogP contribution is 2.41. The van der Waals surface area contributed by atoms with Gasteiger partial charge in [-0.3, -0.25) is 0 Å². The van der Waals surface area contributed by atoms with Crippen molar-refractivity contribution in [2.24, 2.45) is 0 Å². The second-order valence-electron chi connectivity index (χ2n) is 5.05. The third-order valence-electron chi connectivity index (χ3n) is 3.59. The molecular weight excluding hydrogens is 279 g/mol. The highest BCUT2D eigenvalue weighted by atomic mass is 35.5. The second kappa shape index (κ2) is 5.08. The van der Waals surface area contributed by atoms with Crippen LogP contribution in [0.1, 0.15) is 35.3 Å². The topological polar surface area (TPSA) is 29.5 Å². The summed E-state index contributed by atoms with van der Waals surface area (Å²) in [6.07, 6.45) is -0.482. The van der Waals surface area contributed by atoms with Gasteiger partial charge in [0.05, 0.1) is 6.10 Å². The van der Waals surface area contributed by atoms with Crippen LogP contribution in [0, 0.1) is 12.7 Å². The van der Waals surface area contributed by atoms with Gasteiger partial charge in [-0.2, -0.15) is 0 Å². The highest BCUT2D eigenvalue weighted by molar-refractivity contribution is 6.30. The van der Waals surface area contributed by atoms with Crippen LogP contribution in [-0.4, -0.2) is 5.11 Å². The molecule has 1 N–H and O–H groups in total. The van der Waals surface area contributed by atoms with Gasteiger partial charge in [0, 0.05) is 17.0 Å². The molecule has 0 saturated carbocycles. The van der Waals surface area contributed by atoms with E-state index in [-0.39, 0.29) is 11.9 Å². The predicted octanol–water partition coefficient (Wildman–Crippen LogP) is 4.34. The van der Waals surface area contributed by atoms with Crippen molar-refractivity contribution in [2.75, 3.05) is 0 Å². The Kier molecular flexibility index (Phi) is 3.40. The number of halogens is 2. The Morgan fingerprint density at radius 2 is 2.05 bits per heavy atom. The quantitative estimate of drug-likeness (QED) is 0.847.